The molecule has 10 nitrogen and oxygen atoms in total. The summed E-state index contributed by atoms with van der Waals surface area (Å²) in [6.07, 6.45) is 1.45. The topological polar surface area (TPSA) is 134 Å². The maximum atomic E-state index is 12.4. The van der Waals surface area contributed by atoms with Crippen molar-refractivity contribution in [2.45, 2.75) is 91.0 Å². The number of phenolic OH excluding ortho intramolecular Hbond substituents is 1. The average molecular weight is 482 g/mol. The fraction of sp³-hybridized carbons (Fsp3) is 0.708. The van der Waals surface area contributed by atoms with Gasteiger partial charge in [0.15, 0.2) is 0 Å². The molecule has 1 aliphatic rings. The number of carbonyl (C=O) groups is 1. The van der Waals surface area contributed by atoms with Crippen molar-refractivity contribution >= 4 is 5.91 Å². The Hall–Kier alpha value is -2.59. The smallest absolute Gasteiger partial charge is 0.294 e. The van der Waals surface area contributed by atoms with Crippen LogP contribution < -0.4 is 10.1 Å². The molecular formula is C24H39N3O7. The van der Waals surface area contributed by atoms with Gasteiger partial charge in [0, 0.05) is 25.6 Å². The molecule has 34 heavy (non-hydrogen) atoms. The van der Waals surface area contributed by atoms with Crippen molar-refractivity contribution in [1.82, 2.24) is 10.2 Å². The zero-order valence-corrected chi connectivity index (χ0v) is 21.1. The minimum Gasteiger partial charge on any atom is -0.507 e. The van der Waals surface area contributed by atoms with Crippen LogP contribution in [0.1, 0.15) is 63.1 Å². The number of β-amino-alcohol motifs (C(OH)–C–C–N with tert-alkyl or cyclic N) is 1. The fourth-order valence-corrected chi connectivity index (χ4v) is 4.43. The molecule has 0 saturated heterocycles. The third-order valence-corrected chi connectivity index (χ3v) is 6.52. The van der Waals surface area contributed by atoms with E-state index in [-0.39, 0.29) is 30.9 Å². The van der Waals surface area contributed by atoms with Gasteiger partial charge in [-0.15, -0.1) is 10.1 Å². The highest BCUT2D eigenvalue weighted by atomic mass is 17.0. The van der Waals surface area contributed by atoms with E-state index in [9.17, 15) is 25.1 Å². The number of aliphatic hydroxyl groups is 1. The standard InChI is InChI=1S/C24H39N3O7/c1-15-11-22(16(2)17(3)23(15)30)33-13-19(29)12-25-24(5,6)14-26(18(4)28)20-9-7-8-10-21(20)34-27(31)32/h11,19-21,25,29-30H,7-10,12-14H2,1-6H3/t19?,20-,21-/m1/s1. The van der Waals surface area contributed by atoms with E-state index >= 15 is 0 Å². The molecule has 0 spiro atoms. The van der Waals surface area contributed by atoms with Crippen molar-refractivity contribution < 1.29 is 29.7 Å². The predicted octanol–water partition coefficient (Wildman–Crippen LogP) is 2.79. The maximum Gasteiger partial charge on any atom is 0.294 e. The molecule has 3 N–H and O–H groups in total. The molecule has 1 aliphatic carbocycles. The van der Waals surface area contributed by atoms with Crippen LogP contribution >= 0.6 is 0 Å². The summed E-state index contributed by atoms with van der Waals surface area (Å²) in [5.74, 6) is 0.687. The number of nitrogens with one attached hydrogen (secondary N) is 1. The molecule has 10 heteroatoms. The van der Waals surface area contributed by atoms with Crippen molar-refractivity contribution in [3.8, 4) is 11.5 Å². The first kappa shape index (κ1) is 27.7. The third kappa shape index (κ3) is 7.46. The van der Waals surface area contributed by atoms with Crippen LogP contribution in [0, 0.1) is 30.9 Å². The van der Waals surface area contributed by atoms with Gasteiger partial charge in [-0.25, -0.2) is 0 Å². The number of phenols is 1. The van der Waals surface area contributed by atoms with E-state index in [1.54, 1.807) is 17.9 Å². The Morgan fingerprint density at radius 1 is 1.29 bits per heavy atom. The molecule has 0 heterocycles. The third-order valence-electron chi connectivity index (χ3n) is 6.52. The van der Waals surface area contributed by atoms with Crippen LogP contribution in [0.4, 0.5) is 0 Å². The van der Waals surface area contributed by atoms with E-state index in [0.717, 1.165) is 24.0 Å². The first-order valence-electron chi connectivity index (χ1n) is 11.8. The Morgan fingerprint density at radius 2 is 1.94 bits per heavy atom. The normalized spacial score (nSPS) is 19.4. The van der Waals surface area contributed by atoms with Gasteiger partial charge >= 0.3 is 0 Å². The number of hydrogen-bond donors (Lipinski definition) is 3. The molecule has 1 fully saturated rings. The van der Waals surface area contributed by atoms with Gasteiger partial charge in [0.05, 0.1) is 6.04 Å². The van der Waals surface area contributed by atoms with Gasteiger partial charge < -0.3 is 30.0 Å². The van der Waals surface area contributed by atoms with Crippen molar-refractivity contribution in [2.24, 2.45) is 0 Å². The number of benzene rings is 1. The lowest BCUT2D eigenvalue weighted by Gasteiger charge is -2.42. The summed E-state index contributed by atoms with van der Waals surface area (Å²) < 4.78 is 5.80. The maximum absolute atomic E-state index is 12.4. The Labute approximate surface area is 201 Å². The highest BCUT2D eigenvalue weighted by Crippen LogP contribution is 2.32. The zero-order valence-electron chi connectivity index (χ0n) is 21.1. The second-order valence-electron chi connectivity index (χ2n) is 9.89. The van der Waals surface area contributed by atoms with E-state index in [1.165, 1.54) is 6.92 Å². The molecule has 1 saturated carbocycles. The lowest BCUT2D eigenvalue weighted by Crippen LogP contribution is -2.58. The van der Waals surface area contributed by atoms with E-state index in [4.69, 9.17) is 9.57 Å². The fourth-order valence-electron chi connectivity index (χ4n) is 4.43. The summed E-state index contributed by atoms with van der Waals surface area (Å²) in [5, 5.41) is 33.9. The number of aromatic hydroxyl groups is 1. The lowest BCUT2D eigenvalue weighted by molar-refractivity contribution is -0.770. The number of rotatable bonds is 11. The van der Waals surface area contributed by atoms with E-state index in [0.29, 0.717) is 30.7 Å². The summed E-state index contributed by atoms with van der Waals surface area (Å²) in [5.41, 5.74) is 1.71. The van der Waals surface area contributed by atoms with Crippen LogP contribution in [0.15, 0.2) is 6.07 Å². The average Bonchev–Trinajstić information content (AvgIpc) is 2.76. The molecule has 0 bridgehead atoms. The van der Waals surface area contributed by atoms with Gasteiger partial charge in [-0.3, -0.25) is 4.79 Å². The van der Waals surface area contributed by atoms with Gasteiger partial charge in [0.25, 0.3) is 5.09 Å². The summed E-state index contributed by atoms with van der Waals surface area (Å²) in [4.78, 5) is 29.9. The lowest BCUT2D eigenvalue weighted by atomic mass is 9.90. The number of aryl methyl sites for hydroxylation is 1. The largest absolute Gasteiger partial charge is 0.507 e. The van der Waals surface area contributed by atoms with Crippen LogP contribution in [-0.2, 0) is 9.63 Å². The van der Waals surface area contributed by atoms with Gasteiger partial charge in [-0.05, 0) is 70.2 Å². The number of nitrogens with zero attached hydrogens (tertiary/aromatic N) is 2. The molecule has 1 unspecified atom stereocenters. The molecule has 1 amide bonds. The molecule has 0 radical (unpaired) electrons. The molecule has 3 atom stereocenters. The summed E-state index contributed by atoms with van der Waals surface area (Å²) >= 11 is 0. The van der Waals surface area contributed by atoms with Crippen LogP contribution in [0.3, 0.4) is 0 Å². The first-order chi connectivity index (χ1) is 15.8. The molecule has 2 rings (SSSR count). The van der Waals surface area contributed by atoms with Crippen LogP contribution in [0.5, 0.6) is 11.5 Å². The molecule has 0 aliphatic heterocycles. The number of ether oxygens (including phenoxy) is 1. The Bertz CT molecular complexity index is 875. The highest BCUT2D eigenvalue weighted by Gasteiger charge is 2.36. The number of carbonyl (C=O) groups excluding carboxylic acids is 1. The van der Waals surface area contributed by atoms with E-state index in [2.05, 4.69) is 5.32 Å². The zero-order chi connectivity index (χ0) is 25.6. The Morgan fingerprint density at radius 3 is 2.56 bits per heavy atom. The van der Waals surface area contributed by atoms with Gasteiger partial charge in [0.2, 0.25) is 5.91 Å². The predicted molar refractivity (Wildman–Crippen MR) is 127 cm³/mol. The van der Waals surface area contributed by atoms with Gasteiger partial charge in [-0.1, -0.05) is 12.8 Å². The SMILES string of the molecule is CC(=O)N(CC(C)(C)NCC(O)COc1cc(C)c(O)c(C)c1C)[C@@H]1CCCC[C@H]1O[N+](=O)[O-]. The highest BCUT2D eigenvalue weighted by molar-refractivity contribution is 5.73. The monoisotopic (exact) mass is 481 g/mol. The van der Waals surface area contributed by atoms with Crippen molar-refractivity contribution in [3.05, 3.63) is 32.9 Å². The number of amides is 1. The molecule has 192 valence electrons. The molecular weight excluding hydrogens is 442 g/mol. The van der Waals surface area contributed by atoms with Crippen LogP contribution in [0.25, 0.3) is 0 Å². The minimum atomic E-state index is -0.806. The number of hydrogen-bond acceptors (Lipinski definition) is 8. The van der Waals surface area contributed by atoms with Crippen molar-refractivity contribution in [1.29, 1.82) is 0 Å². The van der Waals surface area contributed by atoms with Crippen molar-refractivity contribution in [3.63, 3.8) is 0 Å². The quantitative estimate of drug-likeness (QED) is 0.324. The van der Waals surface area contributed by atoms with Gasteiger partial charge in [0.1, 0.15) is 30.3 Å². The summed E-state index contributed by atoms with van der Waals surface area (Å²) in [6.45, 7) is 11.4. The molecule has 0 aromatic heterocycles. The van der Waals surface area contributed by atoms with E-state index < -0.39 is 22.8 Å². The first-order valence-corrected chi connectivity index (χ1v) is 11.8. The summed E-state index contributed by atoms with van der Waals surface area (Å²) in [7, 11) is 0. The number of aliphatic hydroxyl groups excluding tert-OH is 1. The summed E-state index contributed by atoms with van der Waals surface area (Å²) in [6, 6.07) is 1.38. The minimum absolute atomic E-state index is 0.0609. The second kappa shape index (κ2) is 11.7. The molecule has 1 aromatic rings. The van der Waals surface area contributed by atoms with Crippen LogP contribution in [0.2, 0.25) is 0 Å². The van der Waals surface area contributed by atoms with E-state index in [1.807, 2.05) is 27.7 Å². The molecule has 1 aromatic carbocycles. The second-order valence-corrected chi connectivity index (χ2v) is 9.89. The van der Waals surface area contributed by atoms with Crippen molar-refractivity contribution in [2.75, 3.05) is 19.7 Å². The van der Waals surface area contributed by atoms with Gasteiger partial charge in [-0.2, -0.15) is 0 Å². The Balaban J connectivity index is 1.96. The Kier molecular flexibility index (Phi) is 9.52. The van der Waals surface area contributed by atoms with Crippen LogP contribution in [-0.4, -0.2) is 69.6 Å².